The van der Waals surface area contributed by atoms with Crippen molar-refractivity contribution in [2.24, 2.45) is 5.10 Å². The number of nitrogens with one attached hydrogen (secondary N) is 3. The fraction of sp³-hybridized carbons (Fsp3) is 0.0417. The van der Waals surface area contributed by atoms with E-state index in [0.29, 0.717) is 5.56 Å². The zero-order valence-electron chi connectivity index (χ0n) is 16.8. The summed E-state index contributed by atoms with van der Waals surface area (Å²) in [5, 5.41) is 9.73. The van der Waals surface area contributed by atoms with Crippen molar-refractivity contribution in [3.05, 3.63) is 99.5 Å². The van der Waals surface area contributed by atoms with Gasteiger partial charge in [-0.05, 0) is 42.6 Å². The number of aromatic nitrogens is 1. The molecule has 0 aliphatic carbocycles. The summed E-state index contributed by atoms with van der Waals surface area (Å²) >= 11 is 1.47. The van der Waals surface area contributed by atoms with Gasteiger partial charge in [0.15, 0.2) is 0 Å². The smallest absolute Gasteiger partial charge is 0.287 e. The van der Waals surface area contributed by atoms with Crippen LogP contribution in [0.5, 0.6) is 0 Å². The van der Waals surface area contributed by atoms with Crippen LogP contribution in [0.3, 0.4) is 0 Å². The number of thiophene rings is 1. The number of amides is 2. The van der Waals surface area contributed by atoms with Crippen LogP contribution < -0.4 is 10.7 Å². The van der Waals surface area contributed by atoms with Gasteiger partial charge in [-0.1, -0.05) is 42.5 Å². The van der Waals surface area contributed by atoms with Crippen molar-refractivity contribution in [1.82, 2.24) is 15.7 Å². The van der Waals surface area contributed by atoms with Crippen LogP contribution in [0.4, 0.5) is 0 Å². The van der Waals surface area contributed by atoms with E-state index in [1.54, 1.807) is 36.6 Å². The van der Waals surface area contributed by atoms with Gasteiger partial charge in [0, 0.05) is 32.6 Å². The number of carbonyl (C=O) groups excluding carboxylic acids is 2. The van der Waals surface area contributed by atoms with E-state index in [4.69, 9.17) is 0 Å². The lowest BCUT2D eigenvalue weighted by atomic mass is 10.1. The summed E-state index contributed by atoms with van der Waals surface area (Å²) in [4.78, 5) is 29.5. The predicted molar refractivity (Wildman–Crippen MR) is 125 cm³/mol. The topological polar surface area (TPSA) is 86.3 Å². The van der Waals surface area contributed by atoms with Crippen LogP contribution in [-0.2, 0) is 4.79 Å². The van der Waals surface area contributed by atoms with Crippen molar-refractivity contribution in [1.29, 1.82) is 0 Å². The highest BCUT2D eigenvalue weighted by Gasteiger charge is 2.14. The Bertz CT molecular complexity index is 1270. The first-order chi connectivity index (χ1) is 15.1. The molecule has 0 spiro atoms. The van der Waals surface area contributed by atoms with Gasteiger partial charge in [-0.15, -0.1) is 11.3 Å². The van der Waals surface area contributed by atoms with Gasteiger partial charge in [0.1, 0.15) is 5.70 Å². The number of aryl methyl sites for hydroxylation is 1. The molecule has 2 aromatic carbocycles. The third kappa shape index (κ3) is 4.79. The highest BCUT2D eigenvalue weighted by Crippen LogP contribution is 2.20. The van der Waals surface area contributed by atoms with Gasteiger partial charge in [-0.3, -0.25) is 9.59 Å². The summed E-state index contributed by atoms with van der Waals surface area (Å²) in [7, 11) is 0. The van der Waals surface area contributed by atoms with Crippen molar-refractivity contribution in [3.8, 4) is 0 Å². The molecule has 0 bridgehead atoms. The highest BCUT2D eigenvalue weighted by molar-refractivity contribution is 7.10. The van der Waals surface area contributed by atoms with E-state index in [2.05, 4.69) is 20.8 Å². The number of H-pyrrole nitrogens is 1. The molecule has 4 aromatic rings. The maximum atomic E-state index is 12.8. The standard InChI is InChI=1S/C24H20N4O2S/c1-16-20(19-11-5-6-12-21(19)26-16)15-25-28-24(30)22(14-18-10-7-13-31-18)27-23(29)17-8-3-2-4-9-17/h2-15,26H,1H3,(H,27,29)(H,28,30)/b22-14+,25-15+. The molecule has 0 aliphatic rings. The molecule has 0 radical (unpaired) electrons. The quantitative estimate of drug-likeness (QED) is 0.241. The number of hydrogen-bond donors (Lipinski definition) is 3. The third-order valence-corrected chi connectivity index (χ3v) is 5.48. The number of aromatic amines is 1. The Morgan fingerprint density at radius 3 is 2.55 bits per heavy atom. The van der Waals surface area contributed by atoms with Crippen LogP contribution in [0.1, 0.15) is 26.5 Å². The van der Waals surface area contributed by atoms with Gasteiger partial charge < -0.3 is 10.3 Å². The summed E-state index contributed by atoms with van der Waals surface area (Å²) in [5.74, 6) is -0.874. The molecule has 2 amide bonds. The fourth-order valence-electron chi connectivity index (χ4n) is 3.14. The monoisotopic (exact) mass is 428 g/mol. The molecule has 2 heterocycles. The number of rotatable bonds is 6. The summed E-state index contributed by atoms with van der Waals surface area (Å²) < 4.78 is 0. The van der Waals surface area contributed by atoms with E-state index in [1.165, 1.54) is 11.3 Å². The minimum Gasteiger partial charge on any atom is -0.358 e. The summed E-state index contributed by atoms with van der Waals surface area (Å²) in [5.41, 5.74) is 5.95. The molecule has 0 atom stereocenters. The number of fused-ring (bicyclic) bond motifs is 1. The lowest BCUT2D eigenvalue weighted by molar-refractivity contribution is -0.117. The molecule has 4 rings (SSSR count). The first-order valence-electron chi connectivity index (χ1n) is 9.64. The second kappa shape index (κ2) is 9.23. The Hall–Kier alpha value is -3.97. The number of carbonyl (C=O) groups is 2. The molecule has 2 aromatic heterocycles. The lowest BCUT2D eigenvalue weighted by Crippen LogP contribution is -2.32. The van der Waals surface area contributed by atoms with E-state index in [-0.39, 0.29) is 11.6 Å². The van der Waals surface area contributed by atoms with E-state index in [1.807, 2.05) is 54.8 Å². The van der Waals surface area contributed by atoms with E-state index in [9.17, 15) is 9.59 Å². The Morgan fingerprint density at radius 1 is 1.00 bits per heavy atom. The predicted octanol–water partition coefficient (Wildman–Crippen LogP) is 4.46. The van der Waals surface area contributed by atoms with Gasteiger partial charge in [0.2, 0.25) is 0 Å². The molecule has 0 unspecified atom stereocenters. The molecule has 154 valence electrons. The van der Waals surface area contributed by atoms with Crippen LogP contribution in [0.25, 0.3) is 17.0 Å². The molecule has 31 heavy (non-hydrogen) atoms. The van der Waals surface area contributed by atoms with E-state index >= 15 is 0 Å². The molecule has 6 nitrogen and oxygen atoms in total. The van der Waals surface area contributed by atoms with Crippen LogP contribution in [-0.4, -0.2) is 23.0 Å². The normalized spacial score (nSPS) is 11.7. The van der Waals surface area contributed by atoms with Gasteiger partial charge in [-0.25, -0.2) is 5.43 Å². The van der Waals surface area contributed by atoms with Gasteiger partial charge in [0.05, 0.1) is 6.21 Å². The van der Waals surface area contributed by atoms with Crippen LogP contribution in [0.2, 0.25) is 0 Å². The van der Waals surface area contributed by atoms with E-state index in [0.717, 1.165) is 27.0 Å². The molecule has 7 heteroatoms. The largest absolute Gasteiger partial charge is 0.358 e. The maximum Gasteiger partial charge on any atom is 0.287 e. The number of hydrazone groups is 1. The second-order valence-electron chi connectivity index (χ2n) is 6.80. The fourth-order valence-corrected chi connectivity index (χ4v) is 3.80. The average molecular weight is 429 g/mol. The van der Waals surface area contributed by atoms with Crippen molar-refractivity contribution in [2.75, 3.05) is 0 Å². The highest BCUT2D eigenvalue weighted by atomic mass is 32.1. The zero-order chi connectivity index (χ0) is 21.6. The average Bonchev–Trinajstić information content (AvgIpc) is 3.41. The molecular weight excluding hydrogens is 408 g/mol. The van der Waals surface area contributed by atoms with Crippen molar-refractivity contribution >= 4 is 46.3 Å². The van der Waals surface area contributed by atoms with Gasteiger partial charge in [-0.2, -0.15) is 5.10 Å². The number of nitrogens with zero attached hydrogens (tertiary/aromatic N) is 1. The van der Waals surface area contributed by atoms with Gasteiger partial charge in [0.25, 0.3) is 11.8 Å². The third-order valence-electron chi connectivity index (χ3n) is 4.66. The summed E-state index contributed by atoms with van der Waals surface area (Å²) in [6.45, 7) is 1.95. The molecular formula is C24H20N4O2S. The first-order valence-corrected chi connectivity index (χ1v) is 10.5. The lowest BCUT2D eigenvalue weighted by Gasteiger charge is -2.08. The minimum atomic E-state index is -0.508. The van der Waals surface area contributed by atoms with Crippen LogP contribution in [0.15, 0.2) is 82.9 Å². The number of benzene rings is 2. The number of hydrogen-bond acceptors (Lipinski definition) is 4. The SMILES string of the molecule is Cc1[nH]c2ccccc2c1/C=N/NC(=O)/C(=C\c1cccs1)NC(=O)c1ccccc1. The molecule has 0 fully saturated rings. The zero-order valence-corrected chi connectivity index (χ0v) is 17.6. The Balaban J connectivity index is 1.54. The summed E-state index contributed by atoms with van der Waals surface area (Å²) in [6.07, 6.45) is 3.24. The minimum absolute atomic E-state index is 0.115. The summed E-state index contributed by atoms with van der Waals surface area (Å²) in [6, 6.07) is 20.4. The van der Waals surface area contributed by atoms with Crippen LogP contribution in [0, 0.1) is 6.92 Å². The Labute approximate surface area is 183 Å². The molecule has 3 N–H and O–H groups in total. The molecule has 0 aliphatic heterocycles. The first kappa shape index (κ1) is 20.3. The Morgan fingerprint density at radius 2 is 1.77 bits per heavy atom. The van der Waals surface area contributed by atoms with Crippen molar-refractivity contribution < 1.29 is 9.59 Å². The Kier molecular flexibility index (Phi) is 6.05. The maximum absolute atomic E-state index is 12.8. The van der Waals surface area contributed by atoms with Crippen molar-refractivity contribution in [2.45, 2.75) is 6.92 Å². The van der Waals surface area contributed by atoms with E-state index < -0.39 is 5.91 Å². The molecule has 0 saturated heterocycles. The van der Waals surface area contributed by atoms with Crippen LogP contribution >= 0.6 is 11.3 Å². The second-order valence-corrected chi connectivity index (χ2v) is 7.78. The van der Waals surface area contributed by atoms with Gasteiger partial charge >= 0.3 is 0 Å². The van der Waals surface area contributed by atoms with Crippen molar-refractivity contribution in [3.63, 3.8) is 0 Å². The molecule has 0 saturated carbocycles. The number of para-hydroxylation sites is 1.